The summed E-state index contributed by atoms with van der Waals surface area (Å²) in [6.45, 7) is 39.9. The first-order valence-corrected chi connectivity index (χ1v) is 49.9. The third-order valence-electron chi connectivity index (χ3n) is 26.1. The predicted octanol–water partition coefficient (Wildman–Crippen LogP) is 22.0. The molecule has 18 nitrogen and oxygen atoms in total. The number of likely N-dealkylation sites (N-methyl/N-ethyl adjacent to an activating group) is 3. The van der Waals surface area contributed by atoms with Crippen molar-refractivity contribution in [1.82, 2.24) is 75.1 Å². The van der Waals surface area contributed by atoms with Gasteiger partial charge in [-0.3, -0.25) is 39.4 Å². The number of aromatic nitrogens is 2. The van der Waals surface area contributed by atoms with Crippen LogP contribution in [0.3, 0.4) is 0 Å². The highest BCUT2D eigenvalue weighted by atomic mass is 19.4. The molecule has 7 aliphatic heterocycles. The minimum Gasteiger partial charge on any atom is -0.393 e. The fraction of sp³-hybridized carbons (Fsp3) is 0.528. The van der Waals surface area contributed by atoms with Crippen LogP contribution in [0.25, 0.3) is 0 Å². The topological polar surface area (TPSA) is 139 Å². The van der Waals surface area contributed by atoms with Crippen molar-refractivity contribution in [2.45, 2.75) is 170 Å². The average Bonchev–Trinajstić information content (AvgIpc) is 0.887. The van der Waals surface area contributed by atoms with Crippen molar-refractivity contribution in [3.63, 3.8) is 0 Å². The van der Waals surface area contributed by atoms with E-state index in [1.165, 1.54) is 60.8 Å². The van der Waals surface area contributed by atoms with Crippen LogP contribution in [0.2, 0.25) is 0 Å². The molecule has 0 amide bonds. The van der Waals surface area contributed by atoms with Gasteiger partial charge in [0.15, 0.2) is 0 Å². The van der Waals surface area contributed by atoms with Gasteiger partial charge in [-0.25, -0.2) is 0 Å². The Hall–Kier alpha value is -9.51. The van der Waals surface area contributed by atoms with Crippen LogP contribution in [0.15, 0.2) is 158 Å². The Bertz CT molecular complexity index is 5380. The van der Waals surface area contributed by atoms with E-state index in [4.69, 9.17) is 4.74 Å². The fourth-order valence-electron chi connectivity index (χ4n) is 17.8. The van der Waals surface area contributed by atoms with Crippen LogP contribution in [-0.4, -0.2) is 275 Å². The first-order valence-electron chi connectivity index (χ1n) is 49.9. The molecule has 42 heteroatoms. The molecule has 0 saturated carbocycles. The van der Waals surface area contributed by atoms with E-state index < -0.39 is 93.9 Å². The van der Waals surface area contributed by atoms with E-state index in [2.05, 4.69) is 84.8 Å². The molecule has 0 unspecified atom stereocenters. The molecule has 8 aromatic carbocycles. The molecule has 6 N–H and O–H groups in total. The minimum absolute atomic E-state index is 0.253. The number of piperazine rings is 5. The summed E-state index contributed by atoms with van der Waals surface area (Å²) < 4.78 is 314. The lowest BCUT2D eigenvalue weighted by molar-refractivity contribution is -0.139. The Labute approximate surface area is 863 Å². The zero-order valence-corrected chi connectivity index (χ0v) is 86.6. The maximum absolute atomic E-state index is 13.0. The van der Waals surface area contributed by atoms with Gasteiger partial charge in [-0.2, -0.15) is 110 Å². The van der Waals surface area contributed by atoms with E-state index in [1.54, 1.807) is 128 Å². The second-order valence-corrected chi connectivity index (χ2v) is 39.3. The van der Waals surface area contributed by atoms with Crippen LogP contribution in [0, 0.1) is 55.4 Å². The van der Waals surface area contributed by atoms with Crippen molar-refractivity contribution in [3.8, 4) is 0 Å². The summed E-state index contributed by atoms with van der Waals surface area (Å²) in [7, 11) is 6.20. The SMILES string of the molecule is Cc1cc(CN2CCN(C)CC2)cc(C(F)(F)F)c1.Cc1cc(CN2CCNCC2)cc(C(F)(F)F)c1.Cc1cc(Nc2ccn[nH]2)cc(C(F)(F)F)c1.Cc1ccc(CN2CCC(O)CC2)c(C(F)(F)F)c1.Cc1ccc(CN2CCN(C)CC2)c(C(F)(F)F)c1.Cc1ccc(CN2CCNCC2)c(C(F)(F)F)c1.Cc1ccc(CN2CCOCC2)c(C(F)(F)F)c1.Cc1ccc(CNCCN2CCN(C)CC2)c(C(F)(F)F)c1. The molecule has 8 heterocycles. The van der Waals surface area contributed by atoms with Crippen LogP contribution >= 0.6 is 0 Å². The number of hydrogen-bond acceptors (Lipinski definition) is 17. The summed E-state index contributed by atoms with van der Waals surface area (Å²) in [6.07, 6.45) is -31.8. The smallest absolute Gasteiger partial charge is 0.393 e. The number of ether oxygens (including phenoxy) is 1. The van der Waals surface area contributed by atoms with Crippen LogP contribution in [0.1, 0.15) is 141 Å². The number of halogens is 24. The number of nitrogens with one attached hydrogen (secondary N) is 5. The number of rotatable bonds is 19. The Morgan fingerprint density at radius 2 is 0.600 bits per heavy atom. The second-order valence-electron chi connectivity index (χ2n) is 39.3. The molecule has 150 heavy (non-hydrogen) atoms. The highest BCUT2D eigenvalue weighted by Crippen LogP contribution is 2.41. The molecule has 832 valence electrons. The predicted molar refractivity (Wildman–Crippen MR) is 535 cm³/mol. The molecule has 1 aromatic heterocycles. The van der Waals surface area contributed by atoms with Crippen molar-refractivity contribution >= 4 is 11.5 Å². The number of aliphatic hydroxyl groups excluding tert-OH is 1. The van der Waals surface area contributed by atoms with Gasteiger partial charge in [0.05, 0.1) is 70.0 Å². The number of aromatic amines is 1. The van der Waals surface area contributed by atoms with Crippen LogP contribution in [0.5, 0.6) is 0 Å². The first kappa shape index (κ1) is 124. The third kappa shape index (κ3) is 43.4. The van der Waals surface area contributed by atoms with Gasteiger partial charge < -0.3 is 45.8 Å². The monoisotopic (exact) mass is 2150 g/mol. The van der Waals surface area contributed by atoms with Gasteiger partial charge in [0, 0.05) is 228 Å². The van der Waals surface area contributed by atoms with E-state index in [9.17, 15) is 110 Å². The third-order valence-corrected chi connectivity index (χ3v) is 26.1. The molecule has 0 atom stereocenters. The normalized spacial score (nSPS) is 17.5. The summed E-state index contributed by atoms with van der Waals surface area (Å²) in [5.41, 5.74) is 4.29. The standard InChI is InChI=1S/C16H24F3N3.2C14H19F3N2.C14H18F3NO.2C13H17F3N2.C13H16F3NO.C11H10F3N3/c1-13-3-4-14(15(11-13)16(17,18)19)12-20-5-6-22-9-7-21(2)8-10-22;1-11-7-12(9-13(8-11)14(15,16)17)10-19-5-3-18(2)4-6-19;1-11-3-4-12(13(9-11)14(15,16)17)10-19-7-5-18(2)6-8-19;1-10-2-3-11(13(8-10)14(15,16)17)9-18-6-4-12(19)5-7-18;1-10-6-11(8-12(7-10)13(14,15)16)9-18-4-2-17-3-5-18;1-10-2-3-11(12(8-10)13(14,15)16)9-18-6-4-17-5-7-18;1-10-2-3-11(12(8-10)13(14,15)16)9-17-4-6-18-7-5-17;1-7-4-8(11(12,13)14)6-9(5-7)16-10-2-3-15-17-10/h3-4,11,20H,5-10,12H2,1-2H3;7-9H,3-6,10H2,1-2H3;3-4,9H,5-8,10H2,1-2H3;2-3,8,12,19H,4-7,9H2,1H3;6-8,17H,2-5,9H2,1H3;2-3,8,17H,4-7,9H2,1H3;2-3,8H,4-7,9H2,1H3;2-6H,1H3,(H2,15,16,17). The summed E-state index contributed by atoms with van der Waals surface area (Å²) in [5, 5.41) is 28.1. The van der Waals surface area contributed by atoms with Gasteiger partial charge in [0.2, 0.25) is 0 Å². The number of anilines is 2. The average molecular weight is 2150 g/mol. The van der Waals surface area contributed by atoms with Crippen molar-refractivity contribution in [3.05, 3.63) is 286 Å². The zero-order valence-electron chi connectivity index (χ0n) is 86.6. The summed E-state index contributed by atoms with van der Waals surface area (Å²) in [5.74, 6) is 0.545. The molecule has 7 aliphatic rings. The maximum Gasteiger partial charge on any atom is 0.416 e. The number of morpholine rings is 1. The van der Waals surface area contributed by atoms with E-state index >= 15 is 0 Å². The molecule has 0 bridgehead atoms. The van der Waals surface area contributed by atoms with Crippen molar-refractivity contribution < 1.29 is 115 Å². The van der Waals surface area contributed by atoms with E-state index in [1.807, 2.05) is 29.0 Å². The molecule has 7 saturated heterocycles. The lowest BCUT2D eigenvalue weighted by Crippen LogP contribution is -2.46. The van der Waals surface area contributed by atoms with Crippen molar-refractivity contribution in [2.24, 2.45) is 0 Å². The van der Waals surface area contributed by atoms with Crippen LogP contribution in [0.4, 0.5) is 117 Å². The Morgan fingerprint density at radius 1 is 0.307 bits per heavy atom. The Morgan fingerprint density at radius 3 is 0.933 bits per heavy atom. The second kappa shape index (κ2) is 57.1. The largest absolute Gasteiger partial charge is 0.416 e. The quantitative estimate of drug-likeness (QED) is 0.0338. The summed E-state index contributed by atoms with van der Waals surface area (Å²) in [6, 6.07) is 36.7. The van der Waals surface area contributed by atoms with Gasteiger partial charge >= 0.3 is 49.4 Å². The van der Waals surface area contributed by atoms with Gasteiger partial charge in [-0.1, -0.05) is 112 Å². The number of alkyl halides is 24. The van der Waals surface area contributed by atoms with Crippen LogP contribution in [-0.2, 0) is 100.0 Å². The number of piperidine rings is 1. The highest BCUT2D eigenvalue weighted by Gasteiger charge is 2.41. The molecule has 9 aromatic rings. The molecule has 16 rings (SSSR count). The Balaban J connectivity index is 0.000000190. The molecule has 0 aliphatic carbocycles. The zero-order chi connectivity index (χ0) is 110. The molecular weight excluding hydrogens is 2010 g/mol. The van der Waals surface area contributed by atoms with Gasteiger partial charge in [0.25, 0.3) is 0 Å². The van der Waals surface area contributed by atoms with E-state index in [-0.39, 0.29) is 12.6 Å². The number of likely N-dealkylation sites (tertiary alicyclic amines) is 1. The molecule has 7 fully saturated rings. The van der Waals surface area contributed by atoms with Gasteiger partial charge in [-0.15, -0.1) is 0 Å². The fourth-order valence-corrected chi connectivity index (χ4v) is 17.8. The van der Waals surface area contributed by atoms with Crippen LogP contribution < -0.4 is 21.3 Å². The lowest BCUT2D eigenvalue weighted by atomic mass is 10.0. The number of nitrogens with zero attached hydrogens (tertiary/aromatic N) is 11. The van der Waals surface area contributed by atoms with E-state index in [0.29, 0.717) is 182 Å². The maximum atomic E-state index is 13.0. The number of aliphatic hydroxyl groups is 1. The minimum atomic E-state index is -4.34. The number of aryl methyl sites for hydroxylation is 8. The molecule has 0 spiro atoms. The van der Waals surface area contributed by atoms with Crippen molar-refractivity contribution in [2.75, 3.05) is 210 Å². The number of H-pyrrole nitrogens is 1. The van der Waals surface area contributed by atoms with Gasteiger partial charge in [-0.05, 0) is 207 Å². The number of benzene rings is 8. The molecular formula is C108H140F24N16O2. The summed E-state index contributed by atoms with van der Waals surface area (Å²) in [4.78, 5) is 21.5. The van der Waals surface area contributed by atoms with Gasteiger partial charge in [0.1, 0.15) is 5.82 Å². The van der Waals surface area contributed by atoms with Crippen molar-refractivity contribution in [1.29, 1.82) is 0 Å². The van der Waals surface area contributed by atoms with E-state index in [0.717, 1.165) is 161 Å². The Kier molecular flexibility index (Phi) is 47.2. The molecule has 0 radical (unpaired) electrons. The first-order chi connectivity index (χ1) is 70.2. The summed E-state index contributed by atoms with van der Waals surface area (Å²) >= 11 is 0. The highest BCUT2D eigenvalue weighted by molar-refractivity contribution is 5.58. The lowest BCUT2D eigenvalue weighted by Gasteiger charge is -2.32. The number of hydrogen-bond donors (Lipinski definition) is 6.